The number of nitrogens with one attached hydrogen (secondary N) is 1. The van der Waals surface area contributed by atoms with E-state index in [1.807, 2.05) is 6.07 Å². The van der Waals surface area contributed by atoms with Crippen LogP contribution in [0.15, 0.2) is 17.5 Å². The van der Waals surface area contributed by atoms with Crippen molar-refractivity contribution in [2.45, 2.75) is 31.4 Å². The lowest BCUT2D eigenvalue weighted by Crippen LogP contribution is -2.44. The summed E-state index contributed by atoms with van der Waals surface area (Å²) < 4.78 is 0. The quantitative estimate of drug-likeness (QED) is 0.833. The number of rotatable bonds is 5. The number of thiophene rings is 1. The van der Waals surface area contributed by atoms with Gasteiger partial charge in [-0.25, -0.2) is 0 Å². The normalized spacial score (nSPS) is 23.2. The van der Waals surface area contributed by atoms with E-state index in [4.69, 9.17) is 0 Å². The van der Waals surface area contributed by atoms with Crippen LogP contribution < -0.4 is 5.32 Å². The summed E-state index contributed by atoms with van der Waals surface area (Å²) in [5, 5.41) is 14.9. The molecule has 0 aliphatic carbocycles. The number of hydrogen-bond donors (Lipinski definition) is 2. The van der Waals surface area contributed by atoms with E-state index >= 15 is 0 Å². The van der Waals surface area contributed by atoms with Gasteiger partial charge in [-0.2, -0.15) is 0 Å². The average Bonchev–Trinajstić information content (AvgIpc) is 2.99. The van der Waals surface area contributed by atoms with E-state index in [0.717, 1.165) is 12.8 Å². The molecular weight excluding hydrogens is 248 g/mol. The van der Waals surface area contributed by atoms with Gasteiger partial charge >= 0.3 is 0 Å². The van der Waals surface area contributed by atoms with Crippen molar-refractivity contribution in [2.24, 2.45) is 0 Å². The van der Waals surface area contributed by atoms with Crippen LogP contribution in [0.5, 0.6) is 0 Å². The molecule has 18 heavy (non-hydrogen) atoms. The van der Waals surface area contributed by atoms with Crippen LogP contribution in [0.2, 0.25) is 0 Å². The van der Waals surface area contributed by atoms with Crippen LogP contribution in [0.25, 0.3) is 0 Å². The Bertz CT molecular complexity index is 380. The first kappa shape index (κ1) is 13.5. The van der Waals surface area contributed by atoms with Gasteiger partial charge in [-0.3, -0.25) is 4.79 Å². The summed E-state index contributed by atoms with van der Waals surface area (Å²) in [5.74, 6) is 0.124. The van der Waals surface area contributed by atoms with E-state index in [2.05, 4.69) is 16.8 Å². The molecule has 0 spiro atoms. The van der Waals surface area contributed by atoms with Gasteiger partial charge in [0.15, 0.2) is 0 Å². The molecule has 1 aromatic rings. The minimum atomic E-state index is -0.434. The number of likely N-dealkylation sites (N-methyl/N-ethyl adjacent to an activating group) is 1. The van der Waals surface area contributed by atoms with E-state index in [1.54, 1.807) is 23.3 Å². The molecule has 0 unspecified atom stereocenters. The van der Waals surface area contributed by atoms with Gasteiger partial charge in [0.1, 0.15) is 0 Å². The van der Waals surface area contributed by atoms with Gasteiger partial charge in [-0.1, -0.05) is 6.07 Å². The number of amides is 1. The summed E-state index contributed by atoms with van der Waals surface area (Å²) in [6.45, 7) is 1.27. The number of nitrogens with zero attached hydrogens (tertiary/aromatic N) is 1. The molecule has 2 atom stereocenters. The van der Waals surface area contributed by atoms with Crippen molar-refractivity contribution < 1.29 is 9.90 Å². The highest BCUT2D eigenvalue weighted by atomic mass is 32.1. The van der Waals surface area contributed by atoms with Crippen LogP contribution in [0.4, 0.5) is 0 Å². The van der Waals surface area contributed by atoms with Gasteiger partial charge in [0.05, 0.1) is 12.1 Å². The second-order valence-corrected chi connectivity index (χ2v) is 5.76. The Morgan fingerprint density at radius 3 is 3.06 bits per heavy atom. The molecule has 1 fully saturated rings. The minimum Gasteiger partial charge on any atom is -0.390 e. The third-order valence-corrected chi connectivity index (χ3v) is 4.37. The molecule has 1 aromatic heterocycles. The molecule has 0 radical (unpaired) electrons. The molecule has 1 aliphatic rings. The molecule has 0 aromatic carbocycles. The molecule has 1 aliphatic heterocycles. The summed E-state index contributed by atoms with van der Waals surface area (Å²) in [6.07, 6.45) is 1.96. The number of aryl methyl sites for hydroxylation is 1. The first-order chi connectivity index (χ1) is 8.68. The predicted molar refractivity (Wildman–Crippen MR) is 72.7 cm³/mol. The lowest BCUT2D eigenvalue weighted by molar-refractivity contribution is -0.133. The molecule has 0 saturated carbocycles. The zero-order valence-corrected chi connectivity index (χ0v) is 11.4. The minimum absolute atomic E-state index is 0.0702. The summed E-state index contributed by atoms with van der Waals surface area (Å²) in [6, 6.07) is 4.07. The first-order valence-electron chi connectivity index (χ1n) is 6.35. The predicted octanol–water partition coefficient (Wildman–Crippen LogP) is 0.862. The number of β-amino-alcohol motifs (C(OH)–C–C–N with tert-alkyl or cyclic N) is 1. The van der Waals surface area contributed by atoms with Gasteiger partial charge < -0.3 is 15.3 Å². The Balaban J connectivity index is 1.73. The maximum atomic E-state index is 12.0. The van der Waals surface area contributed by atoms with Gasteiger partial charge in [0.2, 0.25) is 5.91 Å². The van der Waals surface area contributed by atoms with E-state index in [-0.39, 0.29) is 11.9 Å². The van der Waals surface area contributed by atoms with E-state index < -0.39 is 6.10 Å². The average molecular weight is 268 g/mol. The topological polar surface area (TPSA) is 52.6 Å². The number of carbonyl (C=O) groups is 1. The molecule has 100 valence electrons. The SMILES string of the molecule is CN(C(=O)CCCc1cccs1)[C@H]1CNC[C@@H]1O. The largest absolute Gasteiger partial charge is 0.390 e. The van der Waals surface area contributed by atoms with Crippen molar-refractivity contribution in [3.63, 3.8) is 0 Å². The van der Waals surface area contributed by atoms with Crippen molar-refractivity contribution >= 4 is 17.2 Å². The smallest absolute Gasteiger partial charge is 0.222 e. The third-order valence-electron chi connectivity index (χ3n) is 3.44. The molecular formula is C13H20N2O2S. The van der Waals surface area contributed by atoms with E-state index in [1.165, 1.54) is 4.88 Å². The van der Waals surface area contributed by atoms with Gasteiger partial charge in [-0.05, 0) is 24.3 Å². The lowest BCUT2D eigenvalue weighted by Gasteiger charge is -2.26. The zero-order chi connectivity index (χ0) is 13.0. The number of aliphatic hydroxyl groups is 1. The molecule has 2 rings (SSSR count). The van der Waals surface area contributed by atoms with Crippen molar-refractivity contribution in [3.8, 4) is 0 Å². The van der Waals surface area contributed by atoms with Crippen molar-refractivity contribution in [1.82, 2.24) is 10.2 Å². The molecule has 2 N–H and O–H groups in total. The molecule has 5 heteroatoms. The molecule has 4 nitrogen and oxygen atoms in total. The number of carbonyl (C=O) groups excluding carboxylic acids is 1. The zero-order valence-electron chi connectivity index (χ0n) is 10.6. The van der Waals surface area contributed by atoms with Gasteiger partial charge in [0.25, 0.3) is 0 Å². The highest BCUT2D eigenvalue weighted by Crippen LogP contribution is 2.14. The second-order valence-electron chi connectivity index (χ2n) is 4.73. The standard InChI is InChI=1S/C13H20N2O2S/c1-15(11-8-14-9-12(11)16)13(17)6-2-4-10-5-3-7-18-10/h3,5,7,11-12,14,16H,2,4,6,8-9H2,1H3/t11-,12-/m0/s1. The highest BCUT2D eigenvalue weighted by molar-refractivity contribution is 7.09. The molecule has 1 saturated heterocycles. The third kappa shape index (κ3) is 3.31. The Labute approximate surface area is 112 Å². The number of aliphatic hydroxyl groups excluding tert-OH is 1. The Morgan fingerprint density at radius 2 is 2.44 bits per heavy atom. The fourth-order valence-electron chi connectivity index (χ4n) is 2.28. The summed E-state index contributed by atoms with van der Waals surface area (Å²) in [4.78, 5) is 15.0. The van der Waals surface area contributed by atoms with Crippen molar-refractivity contribution in [2.75, 3.05) is 20.1 Å². The van der Waals surface area contributed by atoms with Crippen LogP contribution in [0.3, 0.4) is 0 Å². The Morgan fingerprint density at radius 1 is 1.61 bits per heavy atom. The fourth-order valence-corrected chi connectivity index (χ4v) is 3.03. The molecule has 2 heterocycles. The van der Waals surface area contributed by atoms with Gasteiger partial charge in [-0.15, -0.1) is 11.3 Å². The van der Waals surface area contributed by atoms with Gasteiger partial charge in [0, 0.05) is 31.4 Å². The monoisotopic (exact) mass is 268 g/mol. The maximum absolute atomic E-state index is 12.0. The number of hydrogen-bond acceptors (Lipinski definition) is 4. The maximum Gasteiger partial charge on any atom is 0.222 e. The van der Waals surface area contributed by atoms with E-state index in [0.29, 0.717) is 19.5 Å². The van der Waals surface area contributed by atoms with Crippen LogP contribution in [-0.2, 0) is 11.2 Å². The summed E-state index contributed by atoms with van der Waals surface area (Å²) in [7, 11) is 1.79. The van der Waals surface area contributed by atoms with Crippen LogP contribution in [0, 0.1) is 0 Å². The highest BCUT2D eigenvalue weighted by Gasteiger charge is 2.30. The van der Waals surface area contributed by atoms with Crippen LogP contribution in [-0.4, -0.2) is 48.2 Å². The van der Waals surface area contributed by atoms with E-state index in [9.17, 15) is 9.90 Å². The fraction of sp³-hybridized carbons (Fsp3) is 0.615. The van der Waals surface area contributed by atoms with Crippen molar-refractivity contribution in [1.29, 1.82) is 0 Å². The summed E-state index contributed by atoms with van der Waals surface area (Å²) >= 11 is 1.73. The lowest BCUT2D eigenvalue weighted by atomic mass is 10.1. The van der Waals surface area contributed by atoms with Crippen molar-refractivity contribution in [3.05, 3.63) is 22.4 Å². The molecule has 1 amide bonds. The first-order valence-corrected chi connectivity index (χ1v) is 7.23. The van der Waals surface area contributed by atoms with Crippen LogP contribution in [0.1, 0.15) is 17.7 Å². The Hall–Kier alpha value is -0.910. The molecule has 0 bridgehead atoms. The second kappa shape index (κ2) is 6.31. The van der Waals surface area contributed by atoms with Crippen LogP contribution >= 0.6 is 11.3 Å². The summed E-state index contributed by atoms with van der Waals surface area (Å²) in [5.41, 5.74) is 0. The Kier molecular flexibility index (Phi) is 4.74.